The van der Waals surface area contributed by atoms with Crippen molar-refractivity contribution < 1.29 is 14.4 Å². The summed E-state index contributed by atoms with van der Waals surface area (Å²) in [5.41, 5.74) is 3.40. The van der Waals surface area contributed by atoms with Crippen molar-refractivity contribution in [2.45, 2.75) is 62.8 Å². The maximum Gasteiger partial charge on any atom is 0.267 e. The molecule has 2 aromatic carbocycles. The van der Waals surface area contributed by atoms with Gasteiger partial charge in [0.15, 0.2) is 5.82 Å². The van der Waals surface area contributed by atoms with Crippen LogP contribution in [0.3, 0.4) is 0 Å². The number of carbonyl (C=O) groups excluding carboxylic acids is 3. The normalized spacial score (nSPS) is 16.3. The molecule has 3 heterocycles. The first-order chi connectivity index (χ1) is 21.9. The fraction of sp³-hybridized carbons (Fsp3) is 0.343. The van der Waals surface area contributed by atoms with Crippen LogP contribution in [0.2, 0.25) is 0 Å². The smallest absolute Gasteiger partial charge is 0.267 e. The lowest BCUT2D eigenvalue weighted by atomic mass is 9.75. The predicted molar refractivity (Wildman–Crippen MR) is 174 cm³/mol. The average molecular weight is 604 g/mol. The van der Waals surface area contributed by atoms with Crippen molar-refractivity contribution >= 4 is 45.2 Å². The van der Waals surface area contributed by atoms with E-state index in [-0.39, 0.29) is 17.7 Å². The molecule has 0 aliphatic heterocycles. The van der Waals surface area contributed by atoms with Gasteiger partial charge in [0.05, 0.1) is 11.2 Å². The molecule has 45 heavy (non-hydrogen) atoms. The van der Waals surface area contributed by atoms with Gasteiger partial charge in [0.1, 0.15) is 11.2 Å². The average Bonchev–Trinajstić information content (AvgIpc) is 3.60. The Hall–Kier alpha value is -4.99. The first-order valence-corrected chi connectivity index (χ1v) is 15.8. The number of nitrogens with zero attached hydrogens (tertiary/aromatic N) is 4. The molecule has 7 rings (SSSR count). The molecule has 2 aliphatic carbocycles. The molecule has 0 saturated heterocycles. The highest BCUT2D eigenvalue weighted by Gasteiger charge is 2.45. The standard InChI is InChI=1S/C35H37N7O3/c1-36-33(44)29-21-24-19-25(13-15-28(24)41(29)2)38-34(45)35(16-8-17-35)39-32(43)23-12-14-26-27(20-23)40-42(30-11-6-7-18-37-30)31(26)22-9-4-3-5-10-22/h6-7,11-15,18-22H,3-5,8-10,16-17H2,1-2H3,(H,36,44)(H,38,45)(H,39,43). The molecule has 0 spiro atoms. The van der Waals surface area contributed by atoms with E-state index in [1.165, 1.54) is 19.3 Å². The number of aromatic nitrogens is 4. The van der Waals surface area contributed by atoms with Crippen LogP contribution in [0, 0.1) is 0 Å². The number of benzene rings is 2. The second-order valence-corrected chi connectivity index (χ2v) is 12.3. The van der Waals surface area contributed by atoms with Gasteiger partial charge in [-0.2, -0.15) is 5.10 Å². The van der Waals surface area contributed by atoms with Crippen LogP contribution in [0.25, 0.3) is 27.6 Å². The minimum Gasteiger partial charge on any atom is -0.354 e. The first kappa shape index (κ1) is 28.8. The van der Waals surface area contributed by atoms with E-state index in [1.54, 1.807) is 19.3 Å². The molecule has 0 radical (unpaired) electrons. The summed E-state index contributed by atoms with van der Waals surface area (Å²) in [5, 5.41) is 15.6. The second-order valence-electron chi connectivity index (χ2n) is 12.3. The fourth-order valence-corrected chi connectivity index (χ4v) is 6.92. The van der Waals surface area contributed by atoms with Crippen molar-refractivity contribution in [3.8, 4) is 5.82 Å². The Labute approximate surface area is 261 Å². The van der Waals surface area contributed by atoms with Gasteiger partial charge in [-0.25, -0.2) is 9.67 Å². The number of hydrogen-bond donors (Lipinski definition) is 3. The van der Waals surface area contributed by atoms with Gasteiger partial charge in [-0.3, -0.25) is 14.4 Å². The molecule has 230 valence electrons. The quantitative estimate of drug-likeness (QED) is 0.223. The van der Waals surface area contributed by atoms with Crippen LogP contribution in [-0.4, -0.2) is 49.6 Å². The summed E-state index contributed by atoms with van der Waals surface area (Å²) in [6.07, 6.45) is 9.60. The van der Waals surface area contributed by atoms with Crippen LogP contribution in [-0.2, 0) is 11.8 Å². The summed E-state index contributed by atoms with van der Waals surface area (Å²) in [6, 6.07) is 18.8. The van der Waals surface area contributed by atoms with E-state index in [1.807, 2.05) is 70.9 Å². The molecule has 3 aromatic heterocycles. The SMILES string of the molecule is CNC(=O)c1cc2cc(NC(=O)C3(NC(=O)c4ccc5c(C6CCCCC6)n(-c6ccccn6)nc5c4)CCC3)ccc2n1C. The molecule has 0 unspecified atom stereocenters. The van der Waals surface area contributed by atoms with Crippen LogP contribution in [0.5, 0.6) is 0 Å². The van der Waals surface area contributed by atoms with Gasteiger partial charge in [0, 0.05) is 53.8 Å². The van der Waals surface area contributed by atoms with E-state index >= 15 is 0 Å². The summed E-state index contributed by atoms with van der Waals surface area (Å²) < 4.78 is 3.77. The number of rotatable bonds is 7. The highest BCUT2D eigenvalue weighted by molar-refractivity contribution is 6.06. The third kappa shape index (κ3) is 5.13. The molecule has 2 saturated carbocycles. The summed E-state index contributed by atoms with van der Waals surface area (Å²) in [5.74, 6) is 0.431. The topological polar surface area (TPSA) is 123 Å². The highest BCUT2D eigenvalue weighted by Crippen LogP contribution is 2.38. The first-order valence-electron chi connectivity index (χ1n) is 15.8. The summed E-state index contributed by atoms with van der Waals surface area (Å²) >= 11 is 0. The van der Waals surface area contributed by atoms with Crippen LogP contribution in [0.4, 0.5) is 5.69 Å². The maximum atomic E-state index is 13.6. The molecular formula is C35H37N7O3. The Morgan fingerprint density at radius 1 is 0.911 bits per heavy atom. The Balaban J connectivity index is 1.14. The van der Waals surface area contributed by atoms with Crippen LogP contribution < -0.4 is 16.0 Å². The molecule has 0 bridgehead atoms. The Morgan fingerprint density at radius 2 is 1.73 bits per heavy atom. The number of hydrogen-bond acceptors (Lipinski definition) is 5. The van der Waals surface area contributed by atoms with Gasteiger partial charge >= 0.3 is 0 Å². The molecule has 2 aliphatic rings. The van der Waals surface area contributed by atoms with Gasteiger partial charge in [-0.15, -0.1) is 0 Å². The fourth-order valence-electron chi connectivity index (χ4n) is 6.92. The minimum absolute atomic E-state index is 0.178. The van der Waals surface area contributed by atoms with E-state index in [2.05, 4.69) is 20.9 Å². The van der Waals surface area contributed by atoms with Crippen molar-refractivity contribution in [2.24, 2.45) is 7.05 Å². The van der Waals surface area contributed by atoms with Crippen LogP contribution in [0.1, 0.15) is 83.8 Å². The summed E-state index contributed by atoms with van der Waals surface area (Å²) in [6.45, 7) is 0. The maximum absolute atomic E-state index is 13.6. The number of anilines is 1. The Kier molecular flexibility index (Phi) is 7.35. The van der Waals surface area contributed by atoms with Crippen molar-refractivity contribution in [1.29, 1.82) is 0 Å². The molecule has 10 heteroatoms. The zero-order valence-electron chi connectivity index (χ0n) is 25.6. The molecule has 10 nitrogen and oxygen atoms in total. The Morgan fingerprint density at radius 3 is 2.44 bits per heavy atom. The number of aryl methyl sites for hydroxylation is 1. The molecule has 0 atom stereocenters. The van der Waals surface area contributed by atoms with E-state index < -0.39 is 5.54 Å². The van der Waals surface area contributed by atoms with Crippen LogP contribution in [0.15, 0.2) is 66.9 Å². The number of pyridine rings is 1. The van der Waals surface area contributed by atoms with Crippen molar-refractivity contribution in [1.82, 2.24) is 30.0 Å². The molecule has 5 aromatic rings. The number of nitrogens with one attached hydrogen (secondary N) is 3. The molecule has 3 N–H and O–H groups in total. The summed E-state index contributed by atoms with van der Waals surface area (Å²) in [4.78, 5) is 44.1. The summed E-state index contributed by atoms with van der Waals surface area (Å²) in [7, 11) is 3.43. The Bertz CT molecular complexity index is 1930. The number of amides is 3. The lowest BCUT2D eigenvalue weighted by Crippen LogP contribution is -2.61. The third-order valence-electron chi connectivity index (χ3n) is 9.58. The van der Waals surface area contributed by atoms with Gasteiger partial charge < -0.3 is 20.5 Å². The highest BCUT2D eigenvalue weighted by atomic mass is 16.2. The lowest BCUT2D eigenvalue weighted by Gasteiger charge is -2.40. The molecular weight excluding hydrogens is 566 g/mol. The monoisotopic (exact) mass is 603 g/mol. The van der Waals surface area contributed by atoms with E-state index in [0.29, 0.717) is 35.7 Å². The zero-order valence-corrected chi connectivity index (χ0v) is 25.6. The van der Waals surface area contributed by atoms with Gasteiger partial charge in [0.2, 0.25) is 5.91 Å². The van der Waals surface area contributed by atoms with E-state index in [4.69, 9.17) is 5.10 Å². The van der Waals surface area contributed by atoms with E-state index in [9.17, 15) is 14.4 Å². The van der Waals surface area contributed by atoms with Gasteiger partial charge in [-0.1, -0.05) is 31.4 Å². The number of carbonyl (C=O) groups is 3. The van der Waals surface area contributed by atoms with Gasteiger partial charge in [-0.05, 0) is 80.6 Å². The van der Waals surface area contributed by atoms with Crippen LogP contribution >= 0.6 is 0 Å². The molecule has 3 amide bonds. The number of fused-ring (bicyclic) bond motifs is 2. The van der Waals surface area contributed by atoms with Crippen molar-refractivity contribution in [2.75, 3.05) is 12.4 Å². The predicted octanol–water partition coefficient (Wildman–Crippen LogP) is 5.61. The largest absolute Gasteiger partial charge is 0.354 e. The third-order valence-corrected chi connectivity index (χ3v) is 9.58. The minimum atomic E-state index is -0.995. The van der Waals surface area contributed by atoms with Crippen molar-refractivity contribution in [3.63, 3.8) is 0 Å². The molecule has 2 fully saturated rings. The van der Waals surface area contributed by atoms with E-state index in [0.717, 1.165) is 52.6 Å². The zero-order chi connectivity index (χ0) is 31.1. The second kappa shape index (κ2) is 11.5. The van der Waals surface area contributed by atoms with Gasteiger partial charge in [0.25, 0.3) is 11.8 Å². The lowest BCUT2D eigenvalue weighted by molar-refractivity contribution is -0.125. The van der Waals surface area contributed by atoms with Crippen molar-refractivity contribution in [3.05, 3.63) is 83.8 Å².